The molecule has 1 amide bonds. The first kappa shape index (κ1) is 19.4. The molecule has 2 aliphatic heterocycles. The van der Waals surface area contributed by atoms with Gasteiger partial charge in [-0.15, -0.1) is 0 Å². The highest BCUT2D eigenvalue weighted by molar-refractivity contribution is 5.93. The minimum atomic E-state index is -4.40. The predicted octanol–water partition coefficient (Wildman–Crippen LogP) is 3.73. The summed E-state index contributed by atoms with van der Waals surface area (Å²) in [5, 5.41) is 2.91. The number of ether oxygens (including phenoxy) is 2. The highest BCUT2D eigenvalue weighted by atomic mass is 19.4. The van der Waals surface area contributed by atoms with Crippen molar-refractivity contribution in [2.45, 2.75) is 19.0 Å². The fraction of sp³-hybridized carbons (Fsp3) is 0.400. The van der Waals surface area contributed by atoms with Crippen molar-refractivity contribution >= 4 is 17.4 Å². The SMILES string of the molecule is O=C(Nc1ccc2c(c1)OCCO2)C1CCN(c2ccc(C(F)(F)F)cn2)CC1. The van der Waals surface area contributed by atoms with Crippen LogP contribution in [0.1, 0.15) is 18.4 Å². The highest BCUT2D eigenvalue weighted by Gasteiger charge is 2.31. The van der Waals surface area contributed by atoms with Crippen LogP contribution >= 0.6 is 0 Å². The molecule has 154 valence electrons. The molecule has 1 saturated heterocycles. The third-order valence-corrected chi connectivity index (χ3v) is 5.07. The van der Waals surface area contributed by atoms with E-state index in [9.17, 15) is 18.0 Å². The lowest BCUT2D eigenvalue weighted by molar-refractivity contribution is -0.137. The lowest BCUT2D eigenvalue weighted by Gasteiger charge is -2.32. The number of halogens is 3. The summed E-state index contributed by atoms with van der Waals surface area (Å²) in [6.45, 7) is 2.08. The van der Waals surface area contributed by atoms with Gasteiger partial charge < -0.3 is 19.7 Å². The normalized spacial score (nSPS) is 17.1. The van der Waals surface area contributed by atoms with Crippen molar-refractivity contribution in [2.75, 3.05) is 36.5 Å². The van der Waals surface area contributed by atoms with Crippen LogP contribution in [0.25, 0.3) is 0 Å². The molecule has 0 unspecified atom stereocenters. The van der Waals surface area contributed by atoms with Gasteiger partial charge in [0.05, 0.1) is 5.56 Å². The average Bonchev–Trinajstić information content (AvgIpc) is 2.73. The fourth-order valence-electron chi connectivity index (χ4n) is 3.48. The minimum Gasteiger partial charge on any atom is -0.486 e. The van der Waals surface area contributed by atoms with Gasteiger partial charge in [0.2, 0.25) is 5.91 Å². The first-order valence-corrected chi connectivity index (χ1v) is 9.39. The molecule has 9 heteroatoms. The van der Waals surface area contributed by atoms with Gasteiger partial charge in [-0.1, -0.05) is 0 Å². The molecule has 1 aromatic heterocycles. The fourth-order valence-corrected chi connectivity index (χ4v) is 3.48. The molecule has 0 aliphatic carbocycles. The third-order valence-electron chi connectivity index (χ3n) is 5.07. The van der Waals surface area contributed by atoms with E-state index in [1.54, 1.807) is 18.2 Å². The van der Waals surface area contributed by atoms with Crippen molar-refractivity contribution in [2.24, 2.45) is 5.92 Å². The van der Waals surface area contributed by atoms with Gasteiger partial charge in [-0.25, -0.2) is 4.98 Å². The smallest absolute Gasteiger partial charge is 0.417 e. The Balaban J connectivity index is 1.33. The predicted molar refractivity (Wildman–Crippen MR) is 100 cm³/mol. The number of hydrogen-bond donors (Lipinski definition) is 1. The Kier molecular flexibility index (Phi) is 5.21. The molecule has 0 bridgehead atoms. The number of nitrogens with one attached hydrogen (secondary N) is 1. The van der Waals surface area contributed by atoms with E-state index in [4.69, 9.17) is 9.47 Å². The van der Waals surface area contributed by atoms with E-state index >= 15 is 0 Å². The number of carbonyl (C=O) groups excluding carboxylic acids is 1. The Morgan fingerprint density at radius 2 is 1.79 bits per heavy atom. The number of anilines is 2. The lowest BCUT2D eigenvalue weighted by atomic mass is 9.95. The van der Waals surface area contributed by atoms with Crippen LogP contribution in [0.15, 0.2) is 36.5 Å². The van der Waals surface area contributed by atoms with Gasteiger partial charge in [0, 0.05) is 37.0 Å². The molecule has 6 nitrogen and oxygen atoms in total. The van der Waals surface area contributed by atoms with E-state index in [2.05, 4.69) is 10.3 Å². The number of pyridine rings is 1. The summed E-state index contributed by atoms with van der Waals surface area (Å²) in [4.78, 5) is 18.4. The van der Waals surface area contributed by atoms with Crippen molar-refractivity contribution in [3.8, 4) is 11.5 Å². The largest absolute Gasteiger partial charge is 0.486 e. The third kappa shape index (κ3) is 4.38. The number of piperidine rings is 1. The van der Waals surface area contributed by atoms with Crippen LogP contribution in [-0.2, 0) is 11.0 Å². The Labute approximate surface area is 165 Å². The van der Waals surface area contributed by atoms with E-state index in [1.807, 2.05) is 4.90 Å². The molecule has 1 fully saturated rings. The first-order valence-electron chi connectivity index (χ1n) is 9.39. The number of fused-ring (bicyclic) bond motifs is 1. The van der Waals surface area contributed by atoms with Crippen LogP contribution in [-0.4, -0.2) is 37.2 Å². The molecule has 2 aliphatic rings. The zero-order valence-corrected chi connectivity index (χ0v) is 15.5. The van der Waals surface area contributed by atoms with Gasteiger partial charge >= 0.3 is 6.18 Å². The molecule has 1 N–H and O–H groups in total. The molecule has 0 saturated carbocycles. The molecule has 0 atom stereocenters. The number of rotatable bonds is 3. The Morgan fingerprint density at radius 1 is 1.07 bits per heavy atom. The van der Waals surface area contributed by atoms with Crippen molar-refractivity contribution in [3.05, 3.63) is 42.1 Å². The second kappa shape index (κ2) is 7.81. The van der Waals surface area contributed by atoms with Crippen LogP contribution < -0.4 is 19.7 Å². The van der Waals surface area contributed by atoms with Gasteiger partial charge in [0.25, 0.3) is 0 Å². The Bertz CT molecular complexity index is 879. The van der Waals surface area contributed by atoms with Gasteiger partial charge in [0.1, 0.15) is 19.0 Å². The monoisotopic (exact) mass is 407 g/mol. The second-order valence-electron chi connectivity index (χ2n) is 7.01. The van der Waals surface area contributed by atoms with Crippen molar-refractivity contribution < 1.29 is 27.4 Å². The summed E-state index contributed by atoms with van der Waals surface area (Å²) >= 11 is 0. The van der Waals surface area contributed by atoms with Gasteiger partial charge in [-0.3, -0.25) is 4.79 Å². The quantitative estimate of drug-likeness (QED) is 0.840. The number of aromatic nitrogens is 1. The number of amides is 1. The van der Waals surface area contributed by atoms with Crippen LogP contribution in [0.2, 0.25) is 0 Å². The minimum absolute atomic E-state index is 0.0818. The molecule has 0 spiro atoms. The van der Waals surface area contributed by atoms with E-state index in [0.29, 0.717) is 62.1 Å². The number of carbonyl (C=O) groups is 1. The summed E-state index contributed by atoms with van der Waals surface area (Å²) in [6, 6.07) is 7.69. The molecular formula is C20H20F3N3O3. The maximum atomic E-state index is 12.7. The topological polar surface area (TPSA) is 63.7 Å². The van der Waals surface area contributed by atoms with E-state index in [1.165, 1.54) is 6.07 Å². The zero-order chi connectivity index (χ0) is 20.4. The van der Waals surface area contributed by atoms with Crippen LogP contribution in [0.3, 0.4) is 0 Å². The molecule has 0 radical (unpaired) electrons. The summed E-state index contributed by atoms with van der Waals surface area (Å²) in [6.07, 6.45) is -2.36. The zero-order valence-electron chi connectivity index (χ0n) is 15.5. The van der Waals surface area contributed by atoms with Crippen molar-refractivity contribution in [3.63, 3.8) is 0 Å². The summed E-state index contributed by atoms with van der Waals surface area (Å²) in [5.74, 6) is 1.50. The van der Waals surface area contributed by atoms with Crippen LogP contribution in [0, 0.1) is 5.92 Å². The maximum Gasteiger partial charge on any atom is 0.417 e. The van der Waals surface area contributed by atoms with Gasteiger partial charge in [-0.2, -0.15) is 13.2 Å². The van der Waals surface area contributed by atoms with E-state index in [0.717, 1.165) is 12.3 Å². The molecule has 29 heavy (non-hydrogen) atoms. The molecule has 3 heterocycles. The van der Waals surface area contributed by atoms with Gasteiger partial charge in [0.15, 0.2) is 11.5 Å². The number of hydrogen-bond acceptors (Lipinski definition) is 5. The van der Waals surface area contributed by atoms with E-state index in [-0.39, 0.29) is 11.8 Å². The highest BCUT2D eigenvalue weighted by Crippen LogP contribution is 2.33. The molecular weight excluding hydrogens is 387 g/mol. The lowest BCUT2D eigenvalue weighted by Crippen LogP contribution is -2.38. The molecule has 2 aromatic rings. The number of benzene rings is 1. The van der Waals surface area contributed by atoms with E-state index < -0.39 is 11.7 Å². The summed E-state index contributed by atoms with van der Waals surface area (Å²) < 4.78 is 49.0. The Morgan fingerprint density at radius 3 is 2.45 bits per heavy atom. The van der Waals surface area contributed by atoms with Crippen molar-refractivity contribution in [1.82, 2.24) is 4.98 Å². The van der Waals surface area contributed by atoms with Crippen LogP contribution in [0.5, 0.6) is 11.5 Å². The maximum absolute atomic E-state index is 12.7. The van der Waals surface area contributed by atoms with Crippen LogP contribution in [0.4, 0.5) is 24.7 Å². The second-order valence-corrected chi connectivity index (χ2v) is 7.01. The van der Waals surface area contributed by atoms with Gasteiger partial charge in [-0.05, 0) is 37.1 Å². The summed E-state index contributed by atoms with van der Waals surface area (Å²) in [5.41, 5.74) is -0.124. The summed E-state index contributed by atoms with van der Waals surface area (Å²) in [7, 11) is 0. The van der Waals surface area contributed by atoms with Crippen molar-refractivity contribution in [1.29, 1.82) is 0 Å². The first-order chi connectivity index (χ1) is 13.9. The average molecular weight is 407 g/mol. The number of nitrogens with zero attached hydrogens (tertiary/aromatic N) is 2. The number of alkyl halides is 3. The molecule has 4 rings (SSSR count). The standard InChI is InChI=1S/C20H20F3N3O3/c21-20(22,23)14-1-4-18(24-12-14)26-7-5-13(6-8-26)19(27)25-15-2-3-16-17(11-15)29-10-9-28-16/h1-4,11-13H,5-10H2,(H,25,27). The Hall–Kier alpha value is -2.97. The molecule has 1 aromatic carbocycles.